The number of aliphatic hydroxyl groups is 2. The third-order valence-corrected chi connectivity index (χ3v) is 7.78. The van der Waals surface area contributed by atoms with E-state index >= 15 is 4.39 Å². The number of nitrogens with zero attached hydrogens (tertiary/aromatic N) is 4. The van der Waals surface area contributed by atoms with Crippen molar-refractivity contribution in [1.82, 2.24) is 19.8 Å². The third-order valence-electron chi connectivity index (χ3n) is 7.33. The van der Waals surface area contributed by atoms with E-state index in [1.165, 1.54) is 24.5 Å². The molecule has 1 aromatic heterocycles. The number of rotatable bonds is 7. The average molecular weight is 545 g/mol. The molecule has 2 aliphatic rings. The average Bonchev–Trinajstić information content (AvgIpc) is 3.47. The molecule has 3 aromatic rings. The van der Waals surface area contributed by atoms with Crippen molar-refractivity contribution in [3.05, 3.63) is 92.7 Å². The summed E-state index contributed by atoms with van der Waals surface area (Å²) in [6.07, 6.45) is 5.20. The number of benzene rings is 2. The maximum atomic E-state index is 16.0. The van der Waals surface area contributed by atoms with E-state index in [0.29, 0.717) is 28.6 Å². The van der Waals surface area contributed by atoms with Gasteiger partial charge in [0.05, 0.1) is 22.7 Å². The van der Waals surface area contributed by atoms with Gasteiger partial charge in [-0.05, 0) is 62.2 Å². The maximum absolute atomic E-state index is 16.0. The van der Waals surface area contributed by atoms with Gasteiger partial charge in [0.15, 0.2) is 5.72 Å². The van der Waals surface area contributed by atoms with Crippen LogP contribution >= 0.6 is 23.2 Å². The monoisotopic (exact) mass is 544 g/mol. The van der Waals surface area contributed by atoms with Crippen LogP contribution in [0.15, 0.2) is 48.8 Å². The van der Waals surface area contributed by atoms with Crippen molar-refractivity contribution in [3.63, 3.8) is 0 Å². The largest absolute Gasteiger partial charge is 0.384 e. The number of carbonyl (C=O) groups is 1. The number of hydrogen-bond acceptors (Lipinski definition) is 6. The van der Waals surface area contributed by atoms with E-state index in [9.17, 15) is 15.0 Å². The third kappa shape index (κ3) is 4.62. The van der Waals surface area contributed by atoms with Gasteiger partial charge in [0.1, 0.15) is 17.2 Å². The SMILES string of the molecule is CCC(O)(CN1CCCC1)c1cc(F)c2c(c1)C(=O)N(Cc1ncc(Cl)cn1)[C@@]2(O)c1ccc(Cl)cc1. The van der Waals surface area contributed by atoms with Crippen molar-refractivity contribution in [1.29, 1.82) is 0 Å². The predicted molar refractivity (Wildman–Crippen MR) is 138 cm³/mol. The van der Waals surface area contributed by atoms with Crippen LogP contribution in [-0.2, 0) is 17.9 Å². The van der Waals surface area contributed by atoms with E-state index < -0.39 is 23.1 Å². The minimum Gasteiger partial charge on any atom is -0.384 e. The summed E-state index contributed by atoms with van der Waals surface area (Å²) in [6, 6.07) is 8.95. The fourth-order valence-electron chi connectivity index (χ4n) is 5.27. The lowest BCUT2D eigenvalue weighted by atomic mass is 9.86. The zero-order valence-electron chi connectivity index (χ0n) is 20.3. The highest BCUT2D eigenvalue weighted by Crippen LogP contribution is 2.46. The Morgan fingerprint density at radius 1 is 1.08 bits per heavy atom. The molecule has 0 radical (unpaired) electrons. The topological polar surface area (TPSA) is 89.8 Å². The predicted octanol–water partition coefficient (Wildman–Crippen LogP) is 4.47. The van der Waals surface area contributed by atoms with Crippen molar-refractivity contribution < 1.29 is 19.4 Å². The Kier molecular flexibility index (Phi) is 6.98. The van der Waals surface area contributed by atoms with Crippen LogP contribution in [0.5, 0.6) is 0 Å². The van der Waals surface area contributed by atoms with Crippen LogP contribution in [0.2, 0.25) is 10.0 Å². The summed E-state index contributed by atoms with van der Waals surface area (Å²) >= 11 is 12.0. The first kappa shape index (κ1) is 26.0. The highest BCUT2D eigenvalue weighted by molar-refractivity contribution is 6.30. The summed E-state index contributed by atoms with van der Waals surface area (Å²) < 4.78 is 16.0. The summed E-state index contributed by atoms with van der Waals surface area (Å²) in [7, 11) is 0. The number of fused-ring (bicyclic) bond motifs is 1. The van der Waals surface area contributed by atoms with Gasteiger partial charge < -0.3 is 15.1 Å². The molecule has 2 atom stereocenters. The smallest absolute Gasteiger partial charge is 0.257 e. The number of hydrogen-bond donors (Lipinski definition) is 2. The molecule has 1 saturated heterocycles. The molecular weight excluding hydrogens is 518 g/mol. The minimum absolute atomic E-state index is 0.0188. The van der Waals surface area contributed by atoms with Gasteiger partial charge in [-0.2, -0.15) is 0 Å². The second-order valence-electron chi connectivity index (χ2n) is 9.64. The Balaban J connectivity index is 1.63. The van der Waals surface area contributed by atoms with E-state index in [2.05, 4.69) is 14.9 Å². The Morgan fingerprint density at radius 3 is 2.35 bits per heavy atom. The first-order chi connectivity index (χ1) is 17.7. The number of aromatic nitrogens is 2. The van der Waals surface area contributed by atoms with Crippen molar-refractivity contribution in [2.45, 2.75) is 44.1 Å². The van der Waals surface area contributed by atoms with Crippen molar-refractivity contribution >= 4 is 29.1 Å². The fourth-order valence-corrected chi connectivity index (χ4v) is 5.50. The maximum Gasteiger partial charge on any atom is 0.257 e. The van der Waals surface area contributed by atoms with Gasteiger partial charge in [0.2, 0.25) is 0 Å². The van der Waals surface area contributed by atoms with E-state index in [1.54, 1.807) is 24.3 Å². The molecule has 2 aromatic carbocycles. The molecule has 194 valence electrons. The molecule has 0 saturated carbocycles. The summed E-state index contributed by atoms with van der Waals surface area (Å²) in [5.41, 5.74) is -3.15. The first-order valence-corrected chi connectivity index (χ1v) is 13.0. The van der Waals surface area contributed by atoms with Crippen LogP contribution in [0.4, 0.5) is 4.39 Å². The molecule has 5 rings (SSSR count). The zero-order chi connectivity index (χ0) is 26.4. The van der Waals surface area contributed by atoms with Crippen LogP contribution < -0.4 is 0 Å². The summed E-state index contributed by atoms with van der Waals surface area (Å²) in [4.78, 5) is 25.4. The quantitative estimate of drug-likeness (QED) is 0.456. The molecule has 10 heteroatoms. The van der Waals surface area contributed by atoms with E-state index in [4.69, 9.17) is 23.2 Å². The van der Waals surface area contributed by atoms with E-state index in [-0.39, 0.29) is 29.1 Å². The lowest BCUT2D eigenvalue weighted by Crippen LogP contribution is -2.44. The van der Waals surface area contributed by atoms with Crippen molar-refractivity contribution in [2.75, 3.05) is 19.6 Å². The lowest BCUT2D eigenvalue weighted by molar-refractivity contribution is -0.0573. The van der Waals surface area contributed by atoms with E-state index in [0.717, 1.165) is 30.8 Å². The first-order valence-electron chi connectivity index (χ1n) is 12.2. The van der Waals surface area contributed by atoms with Crippen LogP contribution in [0.25, 0.3) is 0 Å². The van der Waals surface area contributed by atoms with Gasteiger partial charge in [-0.25, -0.2) is 14.4 Å². The van der Waals surface area contributed by atoms with Crippen LogP contribution in [-0.4, -0.2) is 55.5 Å². The molecule has 1 fully saturated rings. The molecule has 0 aliphatic carbocycles. The lowest BCUT2D eigenvalue weighted by Gasteiger charge is -2.35. The van der Waals surface area contributed by atoms with Gasteiger partial charge in [-0.15, -0.1) is 0 Å². The van der Waals surface area contributed by atoms with Crippen LogP contribution in [0.3, 0.4) is 0 Å². The molecule has 3 heterocycles. The number of amides is 1. The molecule has 7 nitrogen and oxygen atoms in total. The second kappa shape index (κ2) is 9.93. The fraction of sp³-hybridized carbons (Fsp3) is 0.370. The Hall–Kier alpha value is -2.62. The molecule has 1 unspecified atom stereocenters. The Labute approximate surface area is 224 Å². The van der Waals surface area contributed by atoms with Crippen molar-refractivity contribution in [3.8, 4) is 0 Å². The molecule has 1 amide bonds. The Morgan fingerprint density at radius 2 is 1.73 bits per heavy atom. The van der Waals surface area contributed by atoms with Crippen LogP contribution in [0, 0.1) is 5.82 Å². The highest BCUT2D eigenvalue weighted by atomic mass is 35.5. The minimum atomic E-state index is -2.15. The summed E-state index contributed by atoms with van der Waals surface area (Å²) in [5, 5.41) is 24.4. The summed E-state index contributed by atoms with van der Waals surface area (Å²) in [5.74, 6) is -1.17. The van der Waals surface area contributed by atoms with Gasteiger partial charge in [-0.3, -0.25) is 9.69 Å². The van der Waals surface area contributed by atoms with E-state index in [1.807, 2.05) is 6.92 Å². The van der Waals surface area contributed by atoms with Crippen LogP contribution in [0.1, 0.15) is 59.1 Å². The molecular formula is C27H27Cl2FN4O3. The second-order valence-corrected chi connectivity index (χ2v) is 10.5. The zero-order valence-corrected chi connectivity index (χ0v) is 21.8. The van der Waals surface area contributed by atoms with Gasteiger partial charge in [-0.1, -0.05) is 42.3 Å². The standard InChI is InChI=1S/C27H27Cl2FN4O3/c1-2-26(36,16-33-9-3-4-10-33)18-11-21-24(22(30)12-18)27(37,17-5-7-19(28)8-6-17)34(25(21)35)15-23-31-13-20(29)14-32-23/h5-8,11-14,36-37H,2-4,9-10,15-16H2,1H3/t26?,27-/m1/s1. The van der Waals surface area contributed by atoms with Gasteiger partial charge in [0.25, 0.3) is 5.91 Å². The molecule has 2 aliphatic heterocycles. The number of likely N-dealkylation sites (tertiary alicyclic amines) is 1. The highest BCUT2D eigenvalue weighted by Gasteiger charge is 2.53. The Bertz CT molecular complexity index is 1320. The number of β-amino-alcohol motifs (C(OH)–C–C–N with tert-alkyl or cyclic N) is 1. The number of halogens is 3. The van der Waals surface area contributed by atoms with Gasteiger partial charge in [0, 0.05) is 29.5 Å². The van der Waals surface area contributed by atoms with Gasteiger partial charge >= 0.3 is 0 Å². The molecule has 0 spiro atoms. The van der Waals surface area contributed by atoms with Crippen molar-refractivity contribution in [2.24, 2.45) is 0 Å². The summed E-state index contributed by atoms with van der Waals surface area (Å²) in [6.45, 7) is 3.68. The molecule has 37 heavy (non-hydrogen) atoms. The normalized spacial score (nSPS) is 21.4. The number of carbonyl (C=O) groups excluding carboxylic acids is 1. The molecule has 2 N–H and O–H groups in total. The molecule has 0 bridgehead atoms.